The van der Waals surface area contributed by atoms with Crippen LogP contribution in [0.1, 0.15) is 35.1 Å². The van der Waals surface area contributed by atoms with E-state index in [1.165, 1.54) is 12.1 Å². The number of hydrogen-bond donors (Lipinski definition) is 2. The molecule has 0 amide bonds. The Bertz CT molecular complexity index is 1910. The molecule has 1 aromatic heterocycles. The van der Waals surface area contributed by atoms with Crippen LogP contribution in [-0.2, 0) is 22.2 Å². The Kier molecular flexibility index (Phi) is 8.39. The third-order valence-electron chi connectivity index (χ3n) is 8.57. The Morgan fingerprint density at radius 3 is 2.16 bits per heavy atom. The van der Waals surface area contributed by atoms with Crippen molar-refractivity contribution in [2.24, 2.45) is 0 Å². The van der Waals surface area contributed by atoms with Crippen molar-refractivity contribution >= 4 is 36.0 Å². The number of alkyl halides is 2. The average Bonchev–Trinajstić information content (AvgIpc) is 3.50. The van der Waals surface area contributed by atoms with Gasteiger partial charge in [-0.05, 0) is 53.5 Å². The first-order valence-electron chi connectivity index (χ1n) is 14.5. The van der Waals surface area contributed by atoms with Gasteiger partial charge in [-0.25, -0.2) is 4.68 Å². The first-order valence-corrected chi connectivity index (χ1v) is 17.3. The van der Waals surface area contributed by atoms with Gasteiger partial charge in [0.2, 0.25) is 0 Å². The number of halogens is 2. The summed E-state index contributed by atoms with van der Waals surface area (Å²) in [6, 6.07) is 33.2. The second kappa shape index (κ2) is 12.1. The van der Waals surface area contributed by atoms with E-state index < -0.39 is 24.4 Å². The molecule has 2 N–H and O–H groups in total. The van der Waals surface area contributed by atoms with Crippen LogP contribution >= 0.6 is 19.4 Å². The molecule has 1 heterocycles. The van der Waals surface area contributed by atoms with Crippen LogP contribution in [-0.4, -0.2) is 35.8 Å². The van der Waals surface area contributed by atoms with E-state index in [4.69, 9.17) is 5.21 Å². The second-order valence-corrected chi connectivity index (χ2v) is 14.2. The third-order valence-corrected chi connectivity index (χ3v) is 10.8. The zero-order valence-corrected chi connectivity index (χ0v) is 26.2. The van der Waals surface area contributed by atoms with Crippen molar-refractivity contribution in [1.29, 1.82) is 0 Å². The largest absolute Gasteiger partial charge is 0.399 e. The number of para-hydroxylation sites is 1. The summed E-state index contributed by atoms with van der Waals surface area (Å²) in [5.74, 6) is 0. The highest BCUT2D eigenvalue weighted by Crippen LogP contribution is 2.59. The van der Waals surface area contributed by atoms with Gasteiger partial charge in [0.25, 0.3) is 0 Å². The lowest BCUT2D eigenvalue weighted by molar-refractivity contribution is 0.0564. The molecule has 2 atom stereocenters. The van der Waals surface area contributed by atoms with Gasteiger partial charge in [-0.15, -0.1) is 5.10 Å². The number of benzene rings is 4. The van der Waals surface area contributed by atoms with Crippen LogP contribution in [0.3, 0.4) is 0 Å². The lowest BCUT2D eigenvalue weighted by Gasteiger charge is -2.43. The maximum atomic E-state index is 14.6. The number of nitrogens with zero attached hydrogens (tertiary/aromatic N) is 3. The fraction of sp³-hybridized carbons (Fsp3) is 0.200. The zero-order valence-electron chi connectivity index (χ0n) is 24.5. The van der Waals surface area contributed by atoms with Gasteiger partial charge in [-0.2, -0.15) is 20.5 Å². The van der Waals surface area contributed by atoms with Crippen molar-refractivity contribution in [3.63, 3.8) is 0 Å². The average molecular weight is 644 g/mol. The molecule has 4 aromatic carbocycles. The molecule has 6 nitrogen and oxygen atoms in total. The Hall–Kier alpha value is -3.88. The summed E-state index contributed by atoms with van der Waals surface area (Å²) in [7, 11) is -5.70. The number of aromatic nitrogens is 3. The summed E-state index contributed by atoms with van der Waals surface area (Å²) in [6.07, 6.45) is 10.5. The Balaban J connectivity index is 1.49. The molecule has 0 radical (unpaired) electrons. The number of allylic oxidation sites excluding steroid dienone is 3. The van der Waals surface area contributed by atoms with Crippen molar-refractivity contribution in [3.05, 3.63) is 150 Å². The van der Waals surface area contributed by atoms with Crippen molar-refractivity contribution in [3.8, 4) is 0 Å². The Morgan fingerprint density at radius 2 is 1.53 bits per heavy atom. The first-order chi connectivity index (χ1) is 21.6. The molecule has 0 fully saturated rings. The molecule has 1 aliphatic rings. The molecule has 0 bridgehead atoms. The maximum Gasteiger partial charge on any atom is 0.399 e. The van der Waals surface area contributed by atoms with Crippen LogP contribution in [0, 0.1) is 0 Å². The minimum atomic E-state index is -5.70. The van der Waals surface area contributed by atoms with Crippen LogP contribution in [0.15, 0.2) is 127 Å². The summed E-state index contributed by atoms with van der Waals surface area (Å²) in [4.78, 5) is 18.6. The highest BCUT2D eigenvalue weighted by Gasteiger charge is 2.50. The standard InChI is InChI=1S/C35H32F2N3O3PS/c1-45-33(22-20-28(21-23-33)27-10-4-2-5-11-27)25-34(29-12-6-3-7-13-29,40-32-15-9-8-14-31(32)38-39-40)24-26-16-18-30(19-17-26)35(36,37)44(41,42)43/h2-22H,23-25H2,1H3,(H2,41,42,43). The van der Waals surface area contributed by atoms with Crippen molar-refractivity contribution in [2.75, 3.05) is 6.26 Å². The minimum Gasteiger partial charge on any atom is -0.320 e. The van der Waals surface area contributed by atoms with Gasteiger partial charge in [-0.1, -0.05) is 121 Å². The SMILES string of the molecule is CSC1(CC(Cc2ccc(C(F)(F)P(=O)(O)O)cc2)(c2ccccc2)n2nnc3ccccc32)C=CC(c2ccccc2)=CC1. The summed E-state index contributed by atoms with van der Waals surface area (Å²) < 4.78 is 42.3. The van der Waals surface area contributed by atoms with Gasteiger partial charge >= 0.3 is 13.3 Å². The van der Waals surface area contributed by atoms with Crippen LogP contribution < -0.4 is 0 Å². The van der Waals surface area contributed by atoms with Crippen LogP contribution in [0.5, 0.6) is 0 Å². The number of fused-ring (bicyclic) bond motifs is 1. The number of rotatable bonds is 10. The van der Waals surface area contributed by atoms with Gasteiger partial charge < -0.3 is 9.79 Å². The van der Waals surface area contributed by atoms with E-state index in [-0.39, 0.29) is 4.75 Å². The summed E-state index contributed by atoms with van der Waals surface area (Å²) in [5.41, 5.74) is -0.291. The molecule has 2 unspecified atom stereocenters. The predicted molar refractivity (Wildman–Crippen MR) is 176 cm³/mol. The van der Waals surface area contributed by atoms with Crippen molar-refractivity contribution < 1.29 is 23.1 Å². The van der Waals surface area contributed by atoms with Gasteiger partial charge in [0.15, 0.2) is 0 Å². The molecule has 0 aliphatic heterocycles. The smallest absolute Gasteiger partial charge is 0.320 e. The molecule has 45 heavy (non-hydrogen) atoms. The monoisotopic (exact) mass is 643 g/mol. The van der Waals surface area contributed by atoms with Crippen molar-refractivity contribution in [2.45, 2.75) is 35.2 Å². The lowest BCUT2D eigenvalue weighted by atomic mass is 9.74. The quantitative estimate of drug-likeness (QED) is 0.149. The normalized spacial score (nSPS) is 18.5. The first kappa shape index (κ1) is 31.1. The molecule has 5 aromatic rings. The zero-order chi connectivity index (χ0) is 31.7. The molecule has 230 valence electrons. The van der Waals surface area contributed by atoms with Crippen LogP contribution in [0.4, 0.5) is 8.78 Å². The van der Waals surface area contributed by atoms with E-state index in [0.717, 1.165) is 46.3 Å². The third kappa shape index (κ3) is 5.93. The lowest BCUT2D eigenvalue weighted by Crippen LogP contribution is -2.45. The highest BCUT2D eigenvalue weighted by atomic mass is 32.2. The molecule has 0 saturated carbocycles. The molecule has 10 heteroatoms. The molecule has 0 saturated heterocycles. The van der Waals surface area contributed by atoms with Gasteiger partial charge in [0.1, 0.15) is 5.52 Å². The second-order valence-electron chi connectivity index (χ2n) is 11.4. The van der Waals surface area contributed by atoms with E-state index in [9.17, 15) is 23.1 Å². The van der Waals surface area contributed by atoms with Gasteiger partial charge in [0, 0.05) is 16.7 Å². The molecular weight excluding hydrogens is 611 g/mol. The molecule has 0 spiro atoms. The van der Waals surface area contributed by atoms with Gasteiger partial charge in [0.05, 0.1) is 11.1 Å². The minimum absolute atomic E-state index is 0.353. The summed E-state index contributed by atoms with van der Waals surface area (Å²) in [5, 5.41) is 9.23. The maximum absolute atomic E-state index is 14.6. The molecule has 6 rings (SSSR count). The summed E-state index contributed by atoms with van der Waals surface area (Å²) >= 11 is 1.76. The molecule has 1 aliphatic carbocycles. The van der Waals surface area contributed by atoms with Crippen LogP contribution in [0.25, 0.3) is 16.6 Å². The number of thioether (sulfide) groups is 1. The van der Waals surface area contributed by atoms with E-state index in [1.54, 1.807) is 11.8 Å². The molecular formula is C35H32F2N3O3PS. The number of hydrogen-bond acceptors (Lipinski definition) is 4. The Morgan fingerprint density at radius 1 is 0.889 bits per heavy atom. The van der Waals surface area contributed by atoms with Crippen LogP contribution in [0.2, 0.25) is 0 Å². The van der Waals surface area contributed by atoms with Gasteiger partial charge in [-0.3, -0.25) is 4.57 Å². The van der Waals surface area contributed by atoms with E-state index >= 15 is 0 Å². The fourth-order valence-corrected chi connectivity index (χ4v) is 7.48. The Labute approximate surface area is 264 Å². The van der Waals surface area contributed by atoms with E-state index in [0.29, 0.717) is 18.4 Å². The fourth-order valence-electron chi connectivity index (χ4n) is 6.16. The topological polar surface area (TPSA) is 88.2 Å². The van der Waals surface area contributed by atoms with Crippen molar-refractivity contribution in [1.82, 2.24) is 15.0 Å². The highest BCUT2D eigenvalue weighted by molar-refractivity contribution is 8.00. The predicted octanol–water partition coefficient (Wildman–Crippen LogP) is 8.18. The summed E-state index contributed by atoms with van der Waals surface area (Å²) in [6.45, 7) is 0. The van der Waals surface area contributed by atoms with E-state index in [2.05, 4.69) is 53.8 Å². The van der Waals surface area contributed by atoms with E-state index in [1.807, 2.05) is 65.3 Å².